The molecule has 3 aromatic rings. The van der Waals surface area contributed by atoms with Crippen molar-refractivity contribution in [3.8, 4) is 11.6 Å². The Morgan fingerprint density at radius 2 is 1.70 bits per heavy atom. The Bertz CT molecular complexity index is 765. The fraction of sp³-hybridized carbons (Fsp3) is 0.222. The van der Waals surface area contributed by atoms with Crippen LogP contribution >= 0.6 is 0 Å². The number of nitrogens with zero attached hydrogens (tertiary/aromatic N) is 4. The maximum absolute atomic E-state index is 10.0. The predicted octanol–water partition coefficient (Wildman–Crippen LogP) is 2.91. The van der Waals surface area contributed by atoms with Crippen LogP contribution < -0.4 is 0 Å². The van der Waals surface area contributed by atoms with Crippen molar-refractivity contribution >= 4 is 0 Å². The van der Waals surface area contributed by atoms with E-state index < -0.39 is 0 Å². The van der Waals surface area contributed by atoms with Gasteiger partial charge in [0.25, 0.3) is 5.88 Å². The summed E-state index contributed by atoms with van der Waals surface area (Å²) in [5.74, 6) is -0.0235. The zero-order valence-electron chi connectivity index (χ0n) is 13.3. The highest BCUT2D eigenvalue weighted by Gasteiger charge is 2.15. The number of aromatic nitrogens is 3. The van der Waals surface area contributed by atoms with Gasteiger partial charge in [0.05, 0.1) is 5.69 Å². The predicted molar refractivity (Wildman–Crippen MR) is 89.4 cm³/mol. The van der Waals surface area contributed by atoms with Crippen molar-refractivity contribution in [3.05, 3.63) is 71.4 Å². The Balaban J connectivity index is 1.77. The largest absolute Gasteiger partial charge is 0.491 e. The van der Waals surface area contributed by atoms with Crippen LogP contribution in [0.15, 0.2) is 54.6 Å². The van der Waals surface area contributed by atoms with Crippen LogP contribution in [0.25, 0.3) is 5.69 Å². The summed E-state index contributed by atoms with van der Waals surface area (Å²) in [6.45, 7) is 3.43. The van der Waals surface area contributed by atoms with Crippen LogP contribution in [-0.4, -0.2) is 32.0 Å². The lowest BCUT2D eigenvalue weighted by Crippen LogP contribution is -2.19. The Morgan fingerprint density at radius 3 is 2.39 bits per heavy atom. The van der Waals surface area contributed by atoms with Gasteiger partial charge < -0.3 is 5.11 Å². The average molecular weight is 308 g/mol. The van der Waals surface area contributed by atoms with Crippen molar-refractivity contribution in [2.24, 2.45) is 0 Å². The Kier molecular flexibility index (Phi) is 4.39. The minimum atomic E-state index is -0.0235. The van der Waals surface area contributed by atoms with Crippen LogP contribution in [0.2, 0.25) is 0 Å². The molecular weight excluding hydrogens is 288 g/mol. The molecule has 0 bridgehead atoms. The molecule has 1 N–H and O–H groups in total. The van der Waals surface area contributed by atoms with E-state index in [0.717, 1.165) is 12.2 Å². The lowest BCUT2D eigenvalue weighted by atomic mass is 10.1. The van der Waals surface area contributed by atoms with Gasteiger partial charge in [-0.3, -0.25) is 4.90 Å². The summed E-state index contributed by atoms with van der Waals surface area (Å²) >= 11 is 0. The van der Waals surface area contributed by atoms with Gasteiger partial charge in [-0.15, -0.1) is 0 Å². The maximum atomic E-state index is 10.0. The monoisotopic (exact) mass is 308 g/mol. The van der Waals surface area contributed by atoms with Crippen LogP contribution in [0.1, 0.15) is 16.8 Å². The molecule has 0 fully saturated rings. The summed E-state index contributed by atoms with van der Waals surface area (Å²) in [6.07, 6.45) is 0. The first-order valence-corrected chi connectivity index (χ1v) is 7.56. The van der Waals surface area contributed by atoms with Gasteiger partial charge >= 0.3 is 0 Å². The summed E-state index contributed by atoms with van der Waals surface area (Å²) in [5, 5.41) is 17.9. The van der Waals surface area contributed by atoms with E-state index in [2.05, 4.69) is 46.4 Å². The van der Waals surface area contributed by atoms with Gasteiger partial charge in [0.2, 0.25) is 0 Å². The second-order valence-corrected chi connectivity index (χ2v) is 5.76. The number of aromatic hydroxyl groups is 1. The number of para-hydroxylation sites is 1. The van der Waals surface area contributed by atoms with Gasteiger partial charge in [0.1, 0.15) is 5.69 Å². The third-order valence-corrected chi connectivity index (χ3v) is 3.74. The molecule has 1 aromatic heterocycles. The van der Waals surface area contributed by atoms with Crippen molar-refractivity contribution in [1.29, 1.82) is 0 Å². The molecule has 0 radical (unpaired) electrons. The molecule has 1 heterocycles. The second-order valence-electron chi connectivity index (χ2n) is 5.76. The first-order valence-electron chi connectivity index (χ1n) is 7.56. The molecule has 0 atom stereocenters. The number of aryl methyl sites for hydroxylation is 1. The summed E-state index contributed by atoms with van der Waals surface area (Å²) in [5.41, 5.74) is 4.06. The van der Waals surface area contributed by atoms with E-state index in [1.54, 1.807) is 4.68 Å². The van der Waals surface area contributed by atoms with Gasteiger partial charge in [-0.25, -0.2) is 4.68 Å². The van der Waals surface area contributed by atoms with E-state index in [0.29, 0.717) is 12.2 Å². The van der Waals surface area contributed by atoms with Gasteiger partial charge in [0.15, 0.2) is 0 Å². The van der Waals surface area contributed by atoms with Gasteiger partial charge in [-0.1, -0.05) is 58.3 Å². The van der Waals surface area contributed by atoms with Crippen LogP contribution in [0.4, 0.5) is 0 Å². The summed E-state index contributed by atoms with van der Waals surface area (Å²) in [4.78, 5) is 2.13. The highest BCUT2D eigenvalue weighted by molar-refractivity contribution is 5.34. The average Bonchev–Trinajstić information content (AvgIpc) is 2.91. The Labute approximate surface area is 135 Å². The lowest BCUT2D eigenvalue weighted by molar-refractivity contribution is 0.305. The van der Waals surface area contributed by atoms with E-state index in [4.69, 9.17) is 0 Å². The summed E-state index contributed by atoms with van der Waals surface area (Å²) in [7, 11) is 2.02. The lowest BCUT2D eigenvalue weighted by Gasteiger charge is -2.17. The van der Waals surface area contributed by atoms with Gasteiger partial charge in [0, 0.05) is 13.1 Å². The first kappa shape index (κ1) is 15.2. The van der Waals surface area contributed by atoms with Gasteiger partial charge in [-0.2, -0.15) is 0 Å². The van der Waals surface area contributed by atoms with Crippen LogP contribution in [-0.2, 0) is 13.1 Å². The zero-order chi connectivity index (χ0) is 16.2. The Hall–Kier alpha value is -2.66. The van der Waals surface area contributed by atoms with Crippen molar-refractivity contribution in [2.45, 2.75) is 20.0 Å². The minimum Gasteiger partial charge on any atom is -0.491 e. The number of rotatable bonds is 5. The minimum absolute atomic E-state index is 0.0235. The third kappa shape index (κ3) is 3.57. The molecule has 0 aliphatic heterocycles. The molecule has 0 saturated heterocycles. The summed E-state index contributed by atoms with van der Waals surface area (Å²) < 4.78 is 1.68. The molecule has 0 unspecified atom stereocenters. The zero-order valence-corrected chi connectivity index (χ0v) is 13.3. The second kappa shape index (κ2) is 6.62. The molecule has 0 aliphatic carbocycles. The van der Waals surface area contributed by atoms with Crippen molar-refractivity contribution in [1.82, 2.24) is 19.9 Å². The topological polar surface area (TPSA) is 54.2 Å². The Morgan fingerprint density at radius 1 is 1.00 bits per heavy atom. The first-order chi connectivity index (χ1) is 11.1. The van der Waals surface area contributed by atoms with Crippen LogP contribution in [0.5, 0.6) is 5.88 Å². The fourth-order valence-electron chi connectivity index (χ4n) is 2.52. The van der Waals surface area contributed by atoms with Gasteiger partial charge in [-0.05, 0) is 31.7 Å². The van der Waals surface area contributed by atoms with E-state index in [1.807, 2.05) is 37.4 Å². The van der Waals surface area contributed by atoms with Crippen LogP contribution in [0.3, 0.4) is 0 Å². The highest BCUT2D eigenvalue weighted by atomic mass is 16.3. The summed E-state index contributed by atoms with van der Waals surface area (Å²) in [6, 6.07) is 18.2. The SMILES string of the molecule is Cc1ccc(CN(C)Cc2c(O)nnn2-c2ccccc2)cc1. The molecule has 0 saturated carbocycles. The van der Waals surface area contributed by atoms with E-state index in [1.165, 1.54) is 11.1 Å². The van der Waals surface area contributed by atoms with Crippen molar-refractivity contribution in [3.63, 3.8) is 0 Å². The van der Waals surface area contributed by atoms with E-state index in [9.17, 15) is 5.11 Å². The number of hydrogen-bond donors (Lipinski definition) is 1. The fourth-order valence-corrected chi connectivity index (χ4v) is 2.52. The molecule has 0 amide bonds. The molecule has 0 spiro atoms. The van der Waals surface area contributed by atoms with Crippen molar-refractivity contribution < 1.29 is 5.11 Å². The molecule has 0 aliphatic rings. The normalized spacial score (nSPS) is 11.1. The number of hydrogen-bond acceptors (Lipinski definition) is 4. The maximum Gasteiger partial charge on any atom is 0.256 e. The quantitative estimate of drug-likeness (QED) is 0.787. The molecule has 23 heavy (non-hydrogen) atoms. The number of benzene rings is 2. The molecule has 3 rings (SSSR count). The smallest absolute Gasteiger partial charge is 0.256 e. The molecular formula is C18H20N4O. The molecule has 2 aromatic carbocycles. The van der Waals surface area contributed by atoms with E-state index >= 15 is 0 Å². The van der Waals surface area contributed by atoms with E-state index in [-0.39, 0.29) is 5.88 Å². The van der Waals surface area contributed by atoms with Crippen LogP contribution in [0, 0.1) is 6.92 Å². The highest BCUT2D eigenvalue weighted by Crippen LogP contribution is 2.19. The molecule has 5 heteroatoms. The van der Waals surface area contributed by atoms with Crippen molar-refractivity contribution in [2.75, 3.05) is 7.05 Å². The standard InChI is InChI=1S/C18H20N4O/c1-14-8-10-15(11-9-14)12-21(2)13-17-18(23)19-20-22(17)16-6-4-3-5-7-16/h3-11,23H,12-13H2,1-2H3. The third-order valence-electron chi connectivity index (χ3n) is 3.74. The molecule has 118 valence electrons. The molecule has 5 nitrogen and oxygen atoms in total.